The molecule has 0 atom stereocenters. The van der Waals surface area contributed by atoms with Crippen molar-refractivity contribution in [2.24, 2.45) is 0 Å². The van der Waals surface area contributed by atoms with Crippen LogP contribution in [0.25, 0.3) is 0 Å². The van der Waals surface area contributed by atoms with E-state index in [0.717, 1.165) is 15.7 Å². The summed E-state index contributed by atoms with van der Waals surface area (Å²) in [6.07, 6.45) is 3.00. The molecule has 0 saturated heterocycles. The molecule has 1 aromatic heterocycles. The number of ketones is 1. The fraction of sp³-hybridized carbons (Fsp3) is 0.333. The number of rotatable bonds is 5. The third-order valence-electron chi connectivity index (χ3n) is 3.02. The zero-order valence-electron chi connectivity index (χ0n) is 11.1. The van der Waals surface area contributed by atoms with Crippen LogP contribution < -0.4 is 0 Å². The molecule has 2 aromatic rings. The molecular weight excluding hydrogens is 304 g/mol. The minimum absolute atomic E-state index is 0.170. The first-order valence-corrected chi connectivity index (χ1v) is 7.19. The summed E-state index contributed by atoms with van der Waals surface area (Å²) in [7, 11) is 0. The van der Waals surface area contributed by atoms with E-state index in [2.05, 4.69) is 34.9 Å². The summed E-state index contributed by atoms with van der Waals surface area (Å²) in [6.45, 7) is 4.17. The molecule has 1 heterocycles. The number of benzene rings is 1. The highest BCUT2D eigenvalue weighted by atomic mass is 79.9. The fourth-order valence-electron chi connectivity index (χ4n) is 2.05. The summed E-state index contributed by atoms with van der Waals surface area (Å²) in [6, 6.07) is 9.71. The Morgan fingerprint density at radius 3 is 2.63 bits per heavy atom. The molecule has 0 spiro atoms. The normalized spacial score (nSPS) is 10.9. The van der Waals surface area contributed by atoms with E-state index in [1.807, 2.05) is 35.0 Å². The van der Waals surface area contributed by atoms with Crippen LogP contribution in [0.1, 0.15) is 42.4 Å². The van der Waals surface area contributed by atoms with Gasteiger partial charge in [-0.3, -0.25) is 9.48 Å². The maximum absolute atomic E-state index is 12.1. The Labute approximate surface area is 121 Å². The first kappa shape index (κ1) is 14.0. The highest BCUT2D eigenvalue weighted by molar-refractivity contribution is 9.10. The second-order valence-electron chi connectivity index (χ2n) is 4.77. The van der Waals surface area contributed by atoms with E-state index < -0.39 is 0 Å². The van der Waals surface area contributed by atoms with Crippen molar-refractivity contribution in [1.29, 1.82) is 0 Å². The van der Waals surface area contributed by atoms with E-state index in [1.54, 1.807) is 6.20 Å². The van der Waals surface area contributed by atoms with E-state index in [0.29, 0.717) is 18.9 Å². The number of carbonyl (C=O) groups is 1. The molecule has 3 nitrogen and oxygen atoms in total. The molecule has 1 aromatic carbocycles. The average molecular weight is 321 g/mol. The highest BCUT2D eigenvalue weighted by Crippen LogP contribution is 2.21. The van der Waals surface area contributed by atoms with Gasteiger partial charge in [0.15, 0.2) is 5.78 Å². The fourth-order valence-corrected chi connectivity index (χ4v) is 2.52. The van der Waals surface area contributed by atoms with E-state index in [9.17, 15) is 4.79 Å². The highest BCUT2D eigenvalue weighted by Gasteiger charge is 2.13. The van der Waals surface area contributed by atoms with E-state index in [1.165, 1.54) is 0 Å². The molecule has 0 amide bonds. The zero-order valence-corrected chi connectivity index (χ0v) is 12.7. The molecule has 4 heteroatoms. The van der Waals surface area contributed by atoms with Crippen LogP contribution in [0.5, 0.6) is 0 Å². The maximum atomic E-state index is 12.1. The maximum Gasteiger partial charge on any atom is 0.163 e. The van der Waals surface area contributed by atoms with Gasteiger partial charge in [-0.05, 0) is 36.2 Å². The minimum atomic E-state index is 0.170. The van der Waals surface area contributed by atoms with Crippen LogP contribution in [0.2, 0.25) is 0 Å². The Morgan fingerprint density at radius 1 is 1.32 bits per heavy atom. The minimum Gasteiger partial charge on any atom is -0.294 e. The molecule has 100 valence electrons. The van der Waals surface area contributed by atoms with Crippen LogP contribution in [0.4, 0.5) is 0 Å². The molecule has 0 aliphatic rings. The topological polar surface area (TPSA) is 34.9 Å². The lowest BCUT2D eigenvalue weighted by Crippen LogP contribution is -2.10. The summed E-state index contributed by atoms with van der Waals surface area (Å²) in [5.41, 5.74) is 1.86. The van der Waals surface area contributed by atoms with Gasteiger partial charge in [0.1, 0.15) is 0 Å². The molecule has 0 fully saturated rings. The van der Waals surface area contributed by atoms with Gasteiger partial charge >= 0.3 is 0 Å². The second-order valence-corrected chi connectivity index (χ2v) is 5.62. The predicted molar refractivity (Wildman–Crippen MR) is 79.4 cm³/mol. The summed E-state index contributed by atoms with van der Waals surface area (Å²) in [5.74, 6) is 0.170. The van der Waals surface area contributed by atoms with Crippen LogP contribution in [-0.2, 0) is 6.42 Å². The van der Waals surface area contributed by atoms with Crippen molar-refractivity contribution in [2.75, 3.05) is 0 Å². The van der Waals surface area contributed by atoms with Crippen LogP contribution in [-0.4, -0.2) is 15.6 Å². The summed E-state index contributed by atoms with van der Waals surface area (Å²) in [4.78, 5) is 12.1. The van der Waals surface area contributed by atoms with Gasteiger partial charge in [0, 0.05) is 18.0 Å². The van der Waals surface area contributed by atoms with E-state index in [4.69, 9.17) is 0 Å². The number of carbonyl (C=O) groups excluding carboxylic acids is 1. The van der Waals surface area contributed by atoms with Crippen molar-refractivity contribution in [2.45, 2.75) is 32.7 Å². The summed E-state index contributed by atoms with van der Waals surface area (Å²) < 4.78 is 2.93. The number of hydrogen-bond donors (Lipinski definition) is 0. The van der Waals surface area contributed by atoms with E-state index in [-0.39, 0.29) is 5.78 Å². The van der Waals surface area contributed by atoms with Crippen LogP contribution in [0, 0.1) is 0 Å². The van der Waals surface area contributed by atoms with Crippen molar-refractivity contribution in [3.63, 3.8) is 0 Å². The van der Waals surface area contributed by atoms with Gasteiger partial charge in [-0.1, -0.05) is 30.3 Å². The van der Waals surface area contributed by atoms with Gasteiger partial charge in [0.05, 0.1) is 16.4 Å². The monoisotopic (exact) mass is 320 g/mol. The average Bonchev–Trinajstić information content (AvgIpc) is 2.78. The van der Waals surface area contributed by atoms with Crippen LogP contribution >= 0.6 is 15.9 Å². The molecule has 0 aliphatic carbocycles. The predicted octanol–water partition coefficient (Wildman–Crippen LogP) is 4.04. The van der Waals surface area contributed by atoms with Crippen molar-refractivity contribution in [3.8, 4) is 0 Å². The Morgan fingerprint density at radius 2 is 2.00 bits per heavy atom. The lowest BCUT2D eigenvalue weighted by molar-refractivity contribution is 0.0982. The molecule has 0 radical (unpaired) electrons. The molecule has 0 N–H and O–H groups in total. The molecular formula is C15H17BrN2O. The van der Waals surface area contributed by atoms with E-state index >= 15 is 0 Å². The quantitative estimate of drug-likeness (QED) is 0.779. The smallest absolute Gasteiger partial charge is 0.163 e. The molecule has 2 rings (SSSR count). The lowest BCUT2D eigenvalue weighted by Gasteiger charge is -2.11. The SMILES string of the molecule is CC(C)n1ncc(Br)c1CCC(=O)c1ccccc1. The second kappa shape index (κ2) is 6.15. The summed E-state index contributed by atoms with van der Waals surface area (Å²) in [5, 5.41) is 4.32. The van der Waals surface area contributed by atoms with Crippen LogP contribution in [0.3, 0.4) is 0 Å². The molecule has 0 unspecified atom stereocenters. The molecule has 0 saturated carbocycles. The number of hydrogen-bond acceptors (Lipinski definition) is 2. The number of nitrogens with zero attached hydrogens (tertiary/aromatic N) is 2. The molecule has 19 heavy (non-hydrogen) atoms. The number of halogens is 1. The number of Topliss-reactive ketones (excluding diaryl/α,β-unsaturated/α-hetero) is 1. The number of aromatic nitrogens is 2. The van der Waals surface area contributed by atoms with Gasteiger partial charge in [-0.25, -0.2) is 0 Å². The van der Waals surface area contributed by atoms with Crippen molar-refractivity contribution >= 4 is 21.7 Å². The Balaban J connectivity index is 2.07. The lowest BCUT2D eigenvalue weighted by atomic mass is 10.1. The van der Waals surface area contributed by atoms with Crippen molar-refractivity contribution in [1.82, 2.24) is 9.78 Å². The first-order valence-electron chi connectivity index (χ1n) is 6.39. The Hall–Kier alpha value is -1.42. The third kappa shape index (κ3) is 3.32. The Bertz CT molecular complexity index is 561. The molecule has 0 aliphatic heterocycles. The van der Waals surface area contributed by atoms with Crippen LogP contribution in [0.15, 0.2) is 41.0 Å². The molecule has 0 bridgehead atoms. The summed E-state index contributed by atoms with van der Waals surface area (Å²) >= 11 is 3.50. The first-order chi connectivity index (χ1) is 9.09. The van der Waals surface area contributed by atoms with Gasteiger partial charge in [0.2, 0.25) is 0 Å². The Kier molecular flexibility index (Phi) is 4.53. The van der Waals surface area contributed by atoms with Gasteiger partial charge in [-0.2, -0.15) is 5.10 Å². The standard InChI is InChI=1S/C15H17BrN2O/c1-11(2)18-14(13(16)10-17-18)8-9-15(19)12-6-4-3-5-7-12/h3-7,10-11H,8-9H2,1-2H3. The largest absolute Gasteiger partial charge is 0.294 e. The van der Waals surface area contributed by atoms with Gasteiger partial charge < -0.3 is 0 Å². The van der Waals surface area contributed by atoms with Crippen molar-refractivity contribution in [3.05, 3.63) is 52.3 Å². The van der Waals surface area contributed by atoms with Gasteiger partial charge in [0.25, 0.3) is 0 Å². The van der Waals surface area contributed by atoms with Crippen molar-refractivity contribution < 1.29 is 4.79 Å². The third-order valence-corrected chi connectivity index (χ3v) is 3.68. The van der Waals surface area contributed by atoms with Gasteiger partial charge in [-0.15, -0.1) is 0 Å². The zero-order chi connectivity index (χ0) is 13.8.